The smallest absolute Gasteiger partial charge is 0.303 e. The van der Waals surface area contributed by atoms with E-state index in [1.807, 2.05) is 20.8 Å². The summed E-state index contributed by atoms with van der Waals surface area (Å²) in [5, 5.41) is 2.49. The minimum atomic E-state index is -0.373. The molecule has 0 atom stereocenters. The Bertz CT molecular complexity index is 681. The van der Waals surface area contributed by atoms with E-state index in [9.17, 15) is 19.2 Å². The number of anilines is 1. The molecule has 0 aromatic heterocycles. The lowest BCUT2D eigenvalue weighted by atomic mass is 10.2. The molecule has 1 aromatic rings. The number of esters is 1. The van der Waals surface area contributed by atoms with E-state index in [1.165, 1.54) is 26.1 Å². The maximum Gasteiger partial charge on any atom is 0.303 e. The predicted molar refractivity (Wildman–Crippen MR) is 93.0 cm³/mol. The normalized spacial score (nSPS) is 13.2. The van der Waals surface area contributed by atoms with Gasteiger partial charge in [-0.05, 0) is 45.0 Å². The van der Waals surface area contributed by atoms with Crippen molar-refractivity contribution in [2.75, 3.05) is 11.9 Å². The van der Waals surface area contributed by atoms with Gasteiger partial charge in [-0.25, -0.2) is 4.90 Å². The first-order valence-corrected chi connectivity index (χ1v) is 7.63. The fraction of sp³-hybridized carbons (Fsp3) is 0.333. The van der Waals surface area contributed by atoms with Crippen molar-refractivity contribution in [1.29, 1.82) is 0 Å². The van der Waals surface area contributed by atoms with Gasteiger partial charge in [0.2, 0.25) is 0 Å². The monoisotopic (exact) mass is 346 g/mol. The molecule has 0 radical (unpaired) electrons. The minimum absolute atomic E-state index is 0.214. The van der Waals surface area contributed by atoms with E-state index in [0.717, 1.165) is 4.90 Å². The molecule has 1 aliphatic heterocycles. The van der Waals surface area contributed by atoms with Crippen LogP contribution in [0.4, 0.5) is 5.69 Å². The third-order valence-electron chi connectivity index (χ3n) is 2.87. The summed E-state index contributed by atoms with van der Waals surface area (Å²) in [6.45, 7) is 6.93. The average Bonchev–Trinajstić information content (AvgIpc) is 2.84. The van der Waals surface area contributed by atoms with Crippen LogP contribution < -0.4 is 10.2 Å². The maximum absolute atomic E-state index is 11.4. The standard InChI is InChI=1S/C12H10N2O3.C6H12O2/c1-13-12(17)8-2-4-9(5-3-8)14-10(15)6-7-11(14)16;1-5(7)8-6(2,3)4/h2-7H,1H3,(H,13,17);1-4H3. The first-order valence-electron chi connectivity index (χ1n) is 7.63. The number of benzene rings is 1. The molecule has 0 saturated carbocycles. The zero-order valence-corrected chi connectivity index (χ0v) is 15.0. The number of hydrogen-bond acceptors (Lipinski definition) is 5. The molecule has 1 N–H and O–H groups in total. The van der Waals surface area contributed by atoms with E-state index in [-0.39, 0.29) is 29.3 Å². The summed E-state index contributed by atoms with van der Waals surface area (Å²) < 4.78 is 4.80. The third-order valence-corrected chi connectivity index (χ3v) is 2.87. The Morgan fingerprint density at radius 3 is 1.80 bits per heavy atom. The van der Waals surface area contributed by atoms with Crippen LogP contribution in [0.1, 0.15) is 38.1 Å². The molecule has 0 saturated heterocycles. The Hall–Kier alpha value is -2.96. The van der Waals surface area contributed by atoms with Crippen LogP contribution in [0.15, 0.2) is 36.4 Å². The van der Waals surface area contributed by atoms with Gasteiger partial charge in [0.25, 0.3) is 17.7 Å². The molecule has 7 nitrogen and oxygen atoms in total. The van der Waals surface area contributed by atoms with Crippen molar-refractivity contribution < 1.29 is 23.9 Å². The molecular weight excluding hydrogens is 324 g/mol. The van der Waals surface area contributed by atoms with Crippen LogP contribution in [0.25, 0.3) is 0 Å². The first-order chi connectivity index (χ1) is 11.5. The molecule has 2 rings (SSSR count). The van der Waals surface area contributed by atoms with Crippen molar-refractivity contribution in [1.82, 2.24) is 5.32 Å². The second-order valence-electron chi connectivity index (χ2n) is 6.18. The highest BCUT2D eigenvalue weighted by atomic mass is 16.6. The molecular formula is C18H22N2O5. The minimum Gasteiger partial charge on any atom is -0.460 e. The Labute approximate surface area is 146 Å². The highest BCUT2D eigenvalue weighted by molar-refractivity contribution is 6.28. The van der Waals surface area contributed by atoms with Crippen molar-refractivity contribution in [3.63, 3.8) is 0 Å². The summed E-state index contributed by atoms with van der Waals surface area (Å²) >= 11 is 0. The maximum atomic E-state index is 11.4. The molecule has 0 spiro atoms. The molecule has 0 aliphatic carbocycles. The van der Waals surface area contributed by atoms with Crippen LogP contribution in [-0.4, -0.2) is 36.3 Å². The third kappa shape index (κ3) is 6.21. The Kier molecular flexibility index (Phi) is 6.61. The summed E-state index contributed by atoms with van der Waals surface area (Å²) in [4.78, 5) is 45.4. The van der Waals surface area contributed by atoms with Crippen LogP contribution in [0.3, 0.4) is 0 Å². The van der Waals surface area contributed by atoms with E-state index in [1.54, 1.807) is 24.3 Å². The Balaban J connectivity index is 0.000000333. The first kappa shape index (κ1) is 20.1. The van der Waals surface area contributed by atoms with Crippen LogP contribution in [0.2, 0.25) is 0 Å². The van der Waals surface area contributed by atoms with E-state index < -0.39 is 0 Å². The van der Waals surface area contributed by atoms with Crippen molar-refractivity contribution in [3.05, 3.63) is 42.0 Å². The number of amides is 3. The van der Waals surface area contributed by atoms with Gasteiger partial charge in [-0.3, -0.25) is 19.2 Å². The summed E-state index contributed by atoms with van der Waals surface area (Å²) in [5.74, 6) is -1.18. The largest absolute Gasteiger partial charge is 0.460 e. The number of carbonyl (C=O) groups is 4. The molecule has 1 heterocycles. The van der Waals surface area contributed by atoms with Gasteiger partial charge in [-0.2, -0.15) is 0 Å². The van der Waals surface area contributed by atoms with Gasteiger partial charge in [-0.1, -0.05) is 0 Å². The fourth-order valence-electron chi connectivity index (χ4n) is 1.99. The number of ether oxygens (including phenoxy) is 1. The van der Waals surface area contributed by atoms with Gasteiger partial charge in [-0.15, -0.1) is 0 Å². The van der Waals surface area contributed by atoms with Gasteiger partial charge in [0, 0.05) is 31.7 Å². The van der Waals surface area contributed by atoms with E-state index >= 15 is 0 Å². The highest BCUT2D eigenvalue weighted by Gasteiger charge is 2.24. The summed E-state index contributed by atoms with van der Waals surface area (Å²) in [7, 11) is 1.54. The molecule has 3 amide bonds. The van der Waals surface area contributed by atoms with Crippen molar-refractivity contribution >= 4 is 29.4 Å². The highest BCUT2D eigenvalue weighted by Crippen LogP contribution is 2.19. The topological polar surface area (TPSA) is 92.8 Å². The SMILES string of the molecule is CC(=O)OC(C)(C)C.CNC(=O)c1ccc(N2C(=O)C=CC2=O)cc1. The van der Waals surface area contributed by atoms with Gasteiger partial charge >= 0.3 is 5.97 Å². The predicted octanol–water partition coefficient (Wildman–Crippen LogP) is 1.82. The average molecular weight is 346 g/mol. The van der Waals surface area contributed by atoms with E-state index in [0.29, 0.717) is 11.3 Å². The quantitative estimate of drug-likeness (QED) is 0.651. The lowest BCUT2D eigenvalue weighted by molar-refractivity contribution is -0.151. The van der Waals surface area contributed by atoms with Crippen LogP contribution in [0, 0.1) is 0 Å². The Morgan fingerprint density at radius 1 is 1.00 bits per heavy atom. The van der Waals surface area contributed by atoms with Crippen molar-refractivity contribution in [2.45, 2.75) is 33.3 Å². The molecule has 25 heavy (non-hydrogen) atoms. The second kappa shape index (κ2) is 8.23. The molecule has 134 valence electrons. The van der Waals surface area contributed by atoms with Crippen LogP contribution >= 0.6 is 0 Å². The zero-order chi connectivity index (χ0) is 19.2. The van der Waals surface area contributed by atoms with Crippen LogP contribution in [0.5, 0.6) is 0 Å². The molecule has 0 bridgehead atoms. The number of carbonyl (C=O) groups excluding carboxylic acids is 4. The molecule has 1 aliphatic rings. The number of hydrogen-bond donors (Lipinski definition) is 1. The van der Waals surface area contributed by atoms with Crippen LogP contribution in [-0.2, 0) is 19.1 Å². The summed E-state index contributed by atoms with van der Waals surface area (Å²) in [5.41, 5.74) is 0.604. The van der Waals surface area contributed by atoms with E-state index in [4.69, 9.17) is 4.74 Å². The lowest BCUT2D eigenvalue weighted by Crippen LogP contribution is -2.29. The second-order valence-corrected chi connectivity index (χ2v) is 6.18. The fourth-order valence-corrected chi connectivity index (χ4v) is 1.99. The number of imide groups is 1. The lowest BCUT2D eigenvalue weighted by Gasteiger charge is -2.17. The summed E-state index contributed by atoms with van der Waals surface area (Å²) in [6.07, 6.45) is 2.43. The number of rotatable bonds is 2. The Morgan fingerprint density at radius 2 is 1.48 bits per heavy atom. The molecule has 1 aromatic carbocycles. The van der Waals surface area contributed by atoms with Gasteiger partial charge in [0.1, 0.15) is 5.60 Å². The molecule has 0 fully saturated rings. The zero-order valence-electron chi connectivity index (χ0n) is 15.0. The molecule has 0 unspecified atom stereocenters. The van der Waals surface area contributed by atoms with Gasteiger partial charge in [0.05, 0.1) is 5.69 Å². The van der Waals surface area contributed by atoms with Crippen molar-refractivity contribution in [3.8, 4) is 0 Å². The molecule has 7 heteroatoms. The van der Waals surface area contributed by atoms with E-state index in [2.05, 4.69) is 5.32 Å². The summed E-state index contributed by atoms with van der Waals surface area (Å²) in [6, 6.07) is 6.25. The van der Waals surface area contributed by atoms with Gasteiger partial charge in [0.15, 0.2) is 0 Å². The van der Waals surface area contributed by atoms with Crippen molar-refractivity contribution in [2.24, 2.45) is 0 Å². The number of nitrogens with one attached hydrogen (secondary N) is 1. The number of nitrogens with zero attached hydrogens (tertiary/aromatic N) is 1. The van der Waals surface area contributed by atoms with Gasteiger partial charge < -0.3 is 10.1 Å².